The normalized spacial score (nSPS) is 20.0. The van der Waals surface area contributed by atoms with E-state index >= 15 is 0 Å². The Morgan fingerprint density at radius 1 is 1.40 bits per heavy atom. The summed E-state index contributed by atoms with van der Waals surface area (Å²) in [5.74, 6) is 1.39. The third-order valence-corrected chi connectivity index (χ3v) is 4.48. The molecule has 0 bridgehead atoms. The zero-order valence-corrected chi connectivity index (χ0v) is 17.5. The highest BCUT2D eigenvalue weighted by Crippen LogP contribution is 2.31. The smallest absolute Gasteiger partial charge is 0.191 e. The number of hydrogen-bond acceptors (Lipinski definition) is 4. The van der Waals surface area contributed by atoms with Crippen molar-refractivity contribution >= 4 is 41.5 Å². The van der Waals surface area contributed by atoms with Gasteiger partial charge in [-0.25, -0.2) is 0 Å². The second-order valence-corrected chi connectivity index (χ2v) is 6.31. The van der Waals surface area contributed by atoms with Crippen LogP contribution in [0.2, 0.25) is 5.02 Å². The zero-order valence-electron chi connectivity index (χ0n) is 14.5. The molecule has 1 saturated heterocycles. The summed E-state index contributed by atoms with van der Waals surface area (Å²) in [5.41, 5.74) is -0.0135. The van der Waals surface area contributed by atoms with Crippen LogP contribution in [-0.4, -0.2) is 57.6 Å². The average Bonchev–Trinajstić information content (AvgIpc) is 3.05. The minimum atomic E-state index is -0.0135. The fourth-order valence-electron chi connectivity index (χ4n) is 2.70. The Kier molecular flexibility index (Phi) is 10.5. The van der Waals surface area contributed by atoms with Gasteiger partial charge >= 0.3 is 0 Å². The monoisotopic (exact) mass is 483 g/mol. The van der Waals surface area contributed by atoms with E-state index in [-0.39, 0.29) is 36.0 Å². The molecule has 0 saturated carbocycles. The van der Waals surface area contributed by atoms with E-state index in [4.69, 9.17) is 21.1 Å². The maximum absolute atomic E-state index is 9.26. The number of aliphatic hydroxyl groups is 1. The van der Waals surface area contributed by atoms with Crippen molar-refractivity contribution in [3.05, 3.63) is 29.3 Å². The van der Waals surface area contributed by atoms with E-state index in [0.717, 1.165) is 26.0 Å². The highest BCUT2D eigenvalue weighted by molar-refractivity contribution is 14.0. The first-order valence-corrected chi connectivity index (χ1v) is 8.57. The minimum Gasteiger partial charge on any atom is -0.490 e. The van der Waals surface area contributed by atoms with E-state index in [2.05, 4.69) is 15.6 Å². The van der Waals surface area contributed by atoms with Crippen molar-refractivity contribution in [1.82, 2.24) is 10.6 Å². The SMILES string of the molecule is CN=C(NCCOc1ccccc1Cl)NCC1(CCO)CCOC1.I. The molecule has 2 rings (SSSR count). The van der Waals surface area contributed by atoms with Gasteiger partial charge in [-0.05, 0) is 25.0 Å². The summed E-state index contributed by atoms with van der Waals surface area (Å²) in [7, 11) is 1.73. The van der Waals surface area contributed by atoms with Gasteiger partial charge in [-0.1, -0.05) is 23.7 Å². The van der Waals surface area contributed by atoms with Crippen molar-refractivity contribution in [3.8, 4) is 5.75 Å². The first-order chi connectivity index (χ1) is 11.7. The molecule has 0 radical (unpaired) electrons. The molecular formula is C17H27ClIN3O3. The van der Waals surface area contributed by atoms with Crippen molar-refractivity contribution < 1.29 is 14.6 Å². The standard InChI is InChI=1S/C17H26ClN3O3.HI/c1-19-16(21-12-17(6-9-22)7-10-23-13-17)20-8-11-24-15-5-3-2-4-14(15)18;/h2-5,22H,6-13H2,1H3,(H2,19,20,21);1H. The first kappa shape index (κ1) is 22.3. The van der Waals surface area contributed by atoms with Gasteiger partial charge in [0.15, 0.2) is 5.96 Å². The van der Waals surface area contributed by atoms with Crippen LogP contribution in [0, 0.1) is 5.41 Å². The van der Waals surface area contributed by atoms with Crippen molar-refractivity contribution in [2.75, 3.05) is 46.6 Å². The molecule has 3 N–H and O–H groups in total. The molecule has 1 aliphatic rings. The number of ether oxygens (including phenoxy) is 2. The van der Waals surface area contributed by atoms with Gasteiger partial charge < -0.3 is 25.2 Å². The number of para-hydroxylation sites is 1. The second kappa shape index (κ2) is 11.8. The van der Waals surface area contributed by atoms with E-state index < -0.39 is 0 Å². The Hall–Kier alpha value is -0.770. The lowest BCUT2D eigenvalue weighted by molar-refractivity contribution is 0.127. The van der Waals surface area contributed by atoms with Crippen LogP contribution in [0.25, 0.3) is 0 Å². The predicted molar refractivity (Wildman–Crippen MR) is 111 cm³/mol. The number of halogens is 2. The quantitative estimate of drug-likeness (QED) is 0.229. The molecular weight excluding hydrogens is 457 g/mol. The molecule has 1 aromatic carbocycles. The lowest BCUT2D eigenvalue weighted by Gasteiger charge is -2.27. The molecule has 1 aliphatic heterocycles. The molecule has 8 heteroatoms. The number of guanidine groups is 1. The van der Waals surface area contributed by atoms with Crippen molar-refractivity contribution in [2.45, 2.75) is 12.8 Å². The van der Waals surface area contributed by atoms with Crippen molar-refractivity contribution in [3.63, 3.8) is 0 Å². The molecule has 0 spiro atoms. The highest BCUT2D eigenvalue weighted by Gasteiger charge is 2.34. The maximum Gasteiger partial charge on any atom is 0.191 e. The molecule has 0 aliphatic carbocycles. The van der Waals surface area contributed by atoms with Gasteiger partial charge in [-0.2, -0.15) is 0 Å². The number of rotatable bonds is 8. The molecule has 0 amide bonds. The van der Waals surface area contributed by atoms with Gasteiger partial charge in [0.05, 0.1) is 18.2 Å². The van der Waals surface area contributed by atoms with Crippen LogP contribution in [0.4, 0.5) is 0 Å². The Labute approximate surface area is 171 Å². The number of nitrogens with one attached hydrogen (secondary N) is 2. The third kappa shape index (κ3) is 7.16. The number of benzene rings is 1. The molecule has 142 valence electrons. The molecule has 1 heterocycles. The molecule has 1 unspecified atom stereocenters. The number of aliphatic hydroxyl groups excluding tert-OH is 1. The summed E-state index contributed by atoms with van der Waals surface area (Å²) in [6.07, 6.45) is 1.68. The van der Waals surface area contributed by atoms with Gasteiger partial charge in [0, 0.05) is 32.2 Å². The van der Waals surface area contributed by atoms with Gasteiger partial charge in [-0.15, -0.1) is 24.0 Å². The van der Waals surface area contributed by atoms with Gasteiger partial charge in [0.2, 0.25) is 0 Å². The van der Waals surface area contributed by atoms with Gasteiger partial charge in [0.25, 0.3) is 0 Å². The molecule has 1 fully saturated rings. The predicted octanol–water partition coefficient (Wildman–Crippen LogP) is 2.29. The summed E-state index contributed by atoms with van der Waals surface area (Å²) < 4.78 is 11.1. The van der Waals surface area contributed by atoms with Gasteiger partial charge in [0.1, 0.15) is 12.4 Å². The molecule has 25 heavy (non-hydrogen) atoms. The average molecular weight is 484 g/mol. The largest absolute Gasteiger partial charge is 0.490 e. The lowest BCUT2D eigenvalue weighted by atomic mass is 9.84. The van der Waals surface area contributed by atoms with E-state index in [0.29, 0.717) is 36.5 Å². The molecule has 1 aromatic rings. The number of aliphatic imine (C=N–C) groups is 1. The number of nitrogens with zero attached hydrogens (tertiary/aromatic N) is 1. The van der Waals surface area contributed by atoms with Crippen LogP contribution in [0.1, 0.15) is 12.8 Å². The van der Waals surface area contributed by atoms with Crippen LogP contribution in [-0.2, 0) is 4.74 Å². The molecule has 0 aromatic heterocycles. The van der Waals surface area contributed by atoms with E-state index in [9.17, 15) is 5.11 Å². The zero-order chi connectivity index (χ0) is 17.3. The summed E-state index contributed by atoms with van der Waals surface area (Å²) in [4.78, 5) is 4.21. The van der Waals surface area contributed by atoms with Crippen LogP contribution in [0.3, 0.4) is 0 Å². The van der Waals surface area contributed by atoms with Crippen LogP contribution in [0.15, 0.2) is 29.3 Å². The summed E-state index contributed by atoms with van der Waals surface area (Å²) in [5, 5.41) is 16.4. The maximum atomic E-state index is 9.26. The van der Waals surface area contributed by atoms with Crippen LogP contribution >= 0.6 is 35.6 Å². The minimum absolute atomic E-state index is 0. The van der Waals surface area contributed by atoms with Crippen molar-refractivity contribution in [1.29, 1.82) is 0 Å². The Balaban J connectivity index is 0.00000312. The van der Waals surface area contributed by atoms with Gasteiger partial charge in [-0.3, -0.25) is 4.99 Å². The second-order valence-electron chi connectivity index (χ2n) is 5.91. The van der Waals surface area contributed by atoms with E-state index in [1.807, 2.05) is 18.2 Å². The molecule has 1 atom stereocenters. The lowest BCUT2D eigenvalue weighted by Crippen LogP contribution is -2.45. The Morgan fingerprint density at radius 3 is 2.84 bits per heavy atom. The van der Waals surface area contributed by atoms with E-state index in [1.165, 1.54) is 0 Å². The summed E-state index contributed by atoms with van der Waals surface area (Å²) in [6, 6.07) is 7.40. The fourth-order valence-corrected chi connectivity index (χ4v) is 2.89. The Bertz CT molecular complexity index is 540. The summed E-state index contributed by atoms with van der Waals surface area (Å²) in [6.45, 7) is 3.40. The molecule has 6 nitrogen and oxygen atoms in total. The number of hydrogen-bond donors (Lipinski definition) is 3. The highest BCUT2D eigenvalue weighted by atomic mass is 127. The fraction of sp³-hybridized carbons (Fsp3) is 0.588. The third-order valence-electron chi connectivity index (χ3n) is 4.17. The summed E-state index contributed by atoms with van der Waals surface area (Å²) >= 11 is 6.05. The van der Waals surface area contributed by atoms with Crippen LogP contribution < -0.4 is 15.4 Å². The Morgan fingerprint density at radius 2 is 2.20 bits per heavy atom. The topological polar surface area (TPSA) is 75.1 Å². The first-order valence-electron chi connectivity index (χ1n) is 8.19. The van der Waals surface area contributed by atoms with E-state index in [1.54, 1.807) is 13.1 Å². The van der Waals surface area contributed by atoms with Crippen molar-refractivity contribution in [2.24, 2.45) is 10.4 Å². The van der Waals surface area contributed by atoms with Crippen LogP contribution in [0.5, 0.6) is 5.75 Å².